The van der Waals surface area contributed by atoms with Crippen molar-refractivity contribution in [1.82, 2.24) is 54.8 Å². The Hall–Kier alpha value is -8.69. The molecule has 3 saturated heterocycles. The molecule has 0 bridgehead atoms. The first-order chi connectivity index (χ1) is 69.1. The van der Waals surface area contributed by atoms with E-state index in [4.69, 9.17) is 115 Å². The van der Waals surface area contributed by atoms with Crippen LogP contribution in [0.25, 0.3) is 23.0 Å². The summed E-state index contributed by atoms with van der Waals surface area (Å²) in [6, 6.07) is 26.1. The molecule has 5 aliphatic rings. The number of aliphatic carboxylic acids is 1. The number of likely N-dealkylation sites (N-methyl/N-ethyl adjacent to an activating group) is 2. The number of carboxylic acid groups (broad SMARTS) is 2. The molecule has 3 aliphatic heterocycles. The molecule has 3 atom stereocenters. The van der Waals surface area contributed by atoms with E-state index in [2.05, 4.69) is 128 Å². The van der Waals surface area contributed by atoms with E-state index >= 15 is 0 Å². The van der Waals surface area contributed by atoms with Gasteiger partial charge in [-0.3, -0.25) is 38.9 Å². The number of aryl methyl sites for hydroxylation is 4. The Morgan fingerprint density at radius 1 is 0.448 bits per heavy atom. The van der Waals surface area contributed by atoms with Crippen molar-refractivity contribution in [3.63, 3.8) is 0 Å². The summed E-state index contributed by atoms with van der Waals surface area (Å²) in [5, 5.41) is 26.3. The van der Waals surface area contributed by atoms with Gasteiger partial charge in [0, 0.05) is 125 Å². The van der Waals surface area contributed by atoms with Crippen LogP contribution in [0.3, 0.4) is 0 Å². The quantitative estimate of drug-likeness (QED) is 0.0157. The number of aromatic nitrogens is 11. The second-order valence-electron chi connectivity index (χ2n) is 38.1. The third-order valence-electron chi connectivity index (χ3n) is 20.6. The summed E-state index contributed by atoms with van der Waals surface area (Å²) in [5.74, 6) is 2.25. The summed E-state index contributed by atoms with van der Waals surface area (Å²) in [6.07, 6.45) is 31.6. The van der Waals surface area contributed by atoms with Crippen LogP contribution in [-0.2, 0) is 131 Å². The Morgan fingerprint density at radius 2 is 0.786 bits per heavy atom. The van der Waals surface area contributed by atoms with E-state index in [-0.39, 0.29) is 73.2 Å². The van der Waals surface area contributed by atoms with Crippen molar-refractivity contribution in [3.05, 3.63) is 216 Å². The van der Waals surface area contributed by atoms with E-state index in [0.29, 0.717) is 109 Å². The molecule has 796 valence electrons. The van der Waals surface area contributed by atoms with E-state index in [9.17, 15) is 29.1 Å². The van der Waals surface area contributed by atoms with Gasteiger partial charge in [0.25, 0.3) is 6.47 Å². The number of aliphatic hydroxyl groups excluding tert-OH is 1. The molecule has 37 heteroatoms. The predicted octanol–water partition coefficient (Wildman–Crippen LogP) is 21.7. The van der Waals surface area contributed by atoms with Crippen molar-refractivity contribution in [1.29, 1.82) is 0 Å². The summed E-state index contributed by atoms with van der Waals surface area (Å²) in [6.45, 7) is 27.9. The molecule has 0 saturated carbocycles. The number of hydrogen-bond acceptors (Lipinski definition) is 29. The maximum atomic E-state index is 12.6. The van der Waals surface area contributed by atoms with Crippen molar-refractivity contribution in [2.24, 2.45) is 10.8 Å². The number of rotatable bonds is 31. The summed E-state index contributed by atoms with van der Waals surface area (Å²) in [7, 11) is 3.89. The number of pyridine rings is 7. The molecule has 9 aromatic heterocycles. The number of ether oxygens (including phenoxy) is 9. The molecule has 0 aromatic carbocycles. The fourth-order valence-electron chi connectivity index (χ4n) is 14.5. The number of fused-ring (bicyclic) bond motifs is 2. The zero-order chi connectivity index (χ0) is 107. The second-order valence-corrected chi connectivity index (χ2v) is 56.8. The molecule has 3 fully saturated rings. The second kappa shape index (κ2) is 73.4. The number of aliphatic hydroxyl groups is 1. The van der Waals surface area contributed by atoms with Gasteiger partial charge < -0.3 is 67.8 Å². The van der Waals surface area contributed by atoms with Gasteiger partial charge >= 0.3 is 87.3 Å². The van der Waals surface area contributed by atoms with E-state index in [0.717, 1.165) is 184 Å². The number of esters is 1. The minimum absolute atomic E-state index is 0.00828. The van der Waals surface area contributed by atoms with Gasteiger partial charge in [0.1, 0.15) is 43.6 Å². The van der Waals surface area contributed by atoms with Crippen LogP contribution in [0.4, 0.5) is 16.4 Å². The predicted molar refractivity (Wildman–Crippen MR) is 576 cm³/mol. The number of ketones is 2. The number of carboxylic acids is 1. The molecule has 14 rings (SSSR count). The fourth-order valence-corrected chi connectivity index (χ4v) is 15.4. The zero-order valence-corrected chi connectivity index (χ0v) is 97.2. The number of halogens is 4. The van der Waals surface area contributed by atoms with Gasteiger partial charge in [-0.15, -0.1) is 0 Å². The topological polar surface area (TPSA) is 394 Å². The van der Waals surface area contributed by atoms with Crippen molar-refractivity contribution < 1.29 is 86.7 Å². The van der Waals surface area contributed by atoms with Crippen molar-refractivity contribution in [2.75, 3.05) is 103 Å². The van der Waals surface area contributed by atoms with E-state index in [1.54, 1.807) is 63.8 Å². The Balaban J connectivity index is 0.000000355. The van der Waals surface area contributed by atoms with Gasteiger partial charge in [-0.25, -0.2) is 44.7 Å². The minimum atomic E-state index is -0.868. The van der Waals surface area contributed by atoms with Crippen LogP contribution in [-0.4, -0.2) is 258 Å². The van der Waals surface area contributed by atoms with Gasteiger partial charge in [0.05, 0.1) is 65.6 Å². The number of hydrogen-bond donors (Lipinski definition) is 3. The van der Waals surface area contributed by atoms with Crippen LogP contribution >= 0.6 is 46.4 Å². The van der Waals surface area contributed by atoms with E-state index in [1.165, 1.54) is 49.1 Å². The maximum absolute atomic E-state index is 12.6. The molecular formula is C108H155Cl4N13O18Sn2. The average molecular weight is 2300 g/mol. The van der Waals surface area contributed by atoms with Crippen LogP contribution in [0.1, 0.15) is 213 Å². The number of Topliss-reactive ketones (excluding diaryl/α,β-unsaturated/α-hetero) is 2. The van der Waals surface area contributed by atoms with Crippen molar-refractivity contribution in [3.8, 4) is 23.0 Å². The Kier molecular flexibility index (Phi) is 65.1. The van der Waals surface area contributed by atoms with Crippen LogP contribution in [0.5, 0.6) is 0 Å². The van der Waals surface area contributed by atoms with Crippen molar-refractivity contribution in [2.45, 2.75) is 272 Å². The molecule has 3 N–H and O–H groups in total. The SMILES string of the molecule is CCOC(=O)Cc1ccnc(Cl)c1.CCOC(=O)OCC.CN(CC(=O)CC(C)(C)C)c1nc(-c2cc(CCO)ccn2)nc2c1CCC2.CN(CC(=O)CC(C)(C)C)c1nc(-c2cc(CCOC3CCCCO3)ccn2)nc2c1CCC2.Cc1cc(CCOC2CCCCO2)ccn1.Cc1ccnc(Cl)c1.Clc1cc(CCOC2CCCCO2)ccn1.O=C(O)Cc1ccnc(Cl)c1.O=CO.[CH3][Sn]([CH3])[CH3].[CH3][Sn]([CH3])[CH3]. The molecule has 145 heavy (non-hydrogen) atoms. The van der Waals surface area contributed by atoms with Gasteiger partial charge in [-0.05, 0) is 291 Å². The third kappa shape index (κ3) is 59.3. The molecule has 12 heterocycles. The van der Waals surface area contributed by atoms with Crippen molar-refractivity contribution >= 4 is 134 Å². The van der Waals surface area contributed by atoms with Crippen LogP contribution in [0, 0.1) is 24.7 Å². The number of carbonyl (C=O) groups is 6. The van der Waals surface area contributed by atoms with Crippen LogP contribution < -0.4 is 9.80 Å². The molecule has 9 aromatic rings. The molecule has 2 aliphatic carbocycles. The molecule has 3 unspecified atom stereocenters. The fraction of sp³-hybridized carbons (Fsp3) is 0.546. The summed E-state index contributed by atoms with van der Waals surface area (Å²) < 4.78 is 47.5. The summed E-state index contributed by atoms with van der Waals surface area (Å²) >= 11 is 21.4. The third-order valence-corrected chi connectivity index (χ3v) is 21.4. The van der Waals surface area contributed by atoms with Gasteiger partial charge in [-0.2, -0.15) is 0 Å². The molecule has 31 nitrogen and oxygen atoms in total. The Bertz CT molecular complexity index is 5140. The first-order valence-electron chi connectivity index (χ1n) is 49.7. The zero-order valence-electron chi connectivity index (χ0n) is 88.5. The molecule has 0 spiro atoms. The van der Waals surface area contributed by atoms with Gasteiger partial charge in [0.15, 0.2) is 42.1 Å². The van der Waals surface area contributed by atoms with Gasteiger partial charge in [-0.1, -0.05) is 87.9 Å². The van der Waals surface area contributed by atoms with Gasteiger partial charge in [0.2, 0.25) is 0 Å². The first kappa shape index (κ1) is 129. The standard InChI is InChI=1S/C27H38N4O3.C22H30N4O2.C13H19NO2.C12H16ClNO2.C9H10ClNO2.C7H6ClNO2.C6H6ClN.C5H10O3.CH2O2.6CH3.2Sn/c1-27(2,3)17-20(32)18-31(4)26-21-8-7-9-22(21)29-25(30-26)23-16-19(11-13-28-23)12-15-34-24-10-5-6-14-33-24;1-22(2,3)13-16(28)14-26(4)21-17-6-5-7-18(17)24-20(25-21)19-12-15(9-11-27)8-10-23-19;1-11-10-12(5-7-14-11)6-9-16-13-4-2-3-8-15-13;13-11-9-10(4-6-14-11)5-8-16-12-3-1-2-7-15-12;1-2-13-9(12)6-7-3-4-11-8(10)5-7;8-6-3-5(1-2-9-6)4-7(10)11;1-5-2-3-8-6(7)4-5;1-3-7-5(6)8-4-2;2-1-3;;;;;;;;/h11,13,16,24H,5-10,12,14-15,17-18H2,1-4H3;8,10,12,27H,5-7,9,11,13-14H2,1-4H3;5,7,10,13H,2-4,6,8-9H2,1H3;4,6,9,12H,1-3,5,7-8H2;3-5H,2,6H2,1H3;1-3H,4H2,(H,10,11);2-4H,1H3;3-4H2,1-2H3;1H,(H,2,3);6*1H3;;. The summed E-state index contributed by atoms with van der Waals surface area (Å²) in [5.41, 5.74) is 14.2. The normalized spacial score (nSPS) is 14.6. The van der Waals surface area contributed by atoms with E-state index in [1.807, 2.05) is 98.7 Å². The Morgan fingerprint density at radius 3 is 1.12 bits per heavy atom. The van der Waals surface area contributed by atoms with Crippen LogP contribution in [0.2, 0.25) is 50.3 Å². The molecule has 2 radical (unpaired) electrons. The number of carbonyl (C=O) groups excluding carboxylic acids is 4. The number of anilines is 2. The average Bonchev–Trinajstić information content (AvgIpc) is 1.70. The first-order valence-corrected chi connectivity index (χ1v) is 68.3. The summed E-state index contributed by atoms with van der Waals surface area (Å²) in [4.78, 5) is 131. The molecular weight excluding hydrogens is 2150 g/mol. The number of nitrogens with zero attached hydrogens (tertiary/aromatic N) is 13. The Labute approximate surface area is 893 Å². The monoisotopic (exact) mass is 2300 g/mol. The van der Waals surface area contributed by atoms with Crippen LogP contribution in [0.15, 0.2) is 128 Å². The molecule has 0 amide bonds. The van der Waals surface area contributed by atoms with E-state index < -0.39 is 51.6 Å².